The third kappa shape index (κ3) is 7.51. The third-order valence-electron chi connectivity index (χ3n) is 8.60. The molecule has 226 valence electrons. The van der Waals surface area contributed by atoms with Crippen LogP contribution >= 0.6 is 0 Å². The number of carbonyl (C=O) groups is 2. The molecule has 0 saturated carbocycles. The zero-order valence-electron chi connectivity index (χ0n) is 24.9. The van der Waals surface area contributed by atoms with Gasteiger partial charge in [0.25, 0.3) is 5.91 Å². The summed E-state index contributed by atoms with van der Waals surface area (Å²) in [5, 5.41) is 19.5. The number of phenols is 1. The van der Waals surface area contributed by atoms with Crippen molar-refractivity contribution in [3.8, 4) is 5.75 Å². The van der Waals surface area contributed by atoms with Crippen LogP contribution in [0.2, 0.25) is 0 Å². The lowest BCUT2D eigenvalue weighted by atomic mass is 9.93. The molecule has 3 aromatic carbocycles. The molecule has 2 atom stereocenters. The zero-order chi connectivity index (χ0) is 30.3. The number of carboxylic acids is 1. The van der Waals surface area contributed by atoms with Gasteiger partial charge in [-0.05, 0) is 66.4 Å². The number of amides is 1. The zero-order valence-corrected chi connectivity index (χ0v) is 24.9. The number of carboxylic acid groups (broad SMARTS) is 1. The van der Waals surface area contributed by atoms with Crippen LogP contribution in [0, 0.1) is 0 Å². The number of hydrogen-bond donors (Lipinski definition) is 2. The van der Waals surface area contributed by atoms with E-state index in [1.807, 2.05) is 53.4 Å². The Morgan fingerprint density at radius 2 is 1.60 bits per heavy atom. The van der Waals surface area contributed by atoms with E-state index in [4.69, 9.17) is 5.11 Å². The van der Waals surface area contributed by atoms with Crippen molar-refractivity contribution in [2.24, 2.45) is 0 Å². The predicted octanol–water partition coefficient (Wildman–Crippen LogP) is 4.72. The molecule has 2 aliphatic heterocycles. The van der Waals surface area contributed by atoms with Crippen molar-refractivity contribution in [3.63, 3.8) is 0 Å². The van der Waals surface area contributed by atoms with E-state index >= 15 is 0 Å². The van der Waals surface area contributed by atoms with Crippen molar-refractivity contribution in [2.45, 2.75) is 32.0 Å². The second-order valence-corrected chi connectivity index (χ2v) is 11.7. The number of nitrogens with zero attached hydrogens (tertiary/aromatic N) is 4. The largest absolute Gasteiger partial charge is 0.508 e. The number of benzene rings is 3. The molecular formula is C35H42N4O4. The van der Waals surface area contributed by atoms with Crippen molar-refractivity contribution < 1.29 is 19.8 Å². The van der Waals surface area contributed by atoms with Crippen LogP contribution in [0.25, 0.3) is 0 Å². The molecule has 1 amide bonds. The molecule has 0 radical (unpaired) electrons. The predicted molar refractivity (Wildman–Crippen MR) is 168 cm³/mol. The Morgan fingerprint density at radius 1 is 0.884 bits per heavy atom. The van der Waals surface area contributed by atoms with Crippen LogP contribution in [0.15, 0.2) is 85.5 Å². The Labute approximate surface area is 254 Å². The summed E-state index contributed by atoms with van der Waals surface area (Å²) in [5.41, 5.74) is 4.08. The minimum atomic E-state index is -0.923. The summed E-state index contributed by atoms with van der Waals surface area (Å²) in [7, 11) is 0. The van der Waals surface area contributed by atoms with Crippen molar-refractivity contribution >= 4 is 11.9 Å². The van der Waals surface area contributed by atoms with Gasteiger partial charge >= 0.3 is 5.97 Å². The van der Waals surface area contributed by atoms with Gasteiger partial charge in [-0.15, -0.1) is 6.58 Å². The van der Waals surface area contributed by atoms with Crippen LogP contribution in [0.3, 0.4) is 0 Å². The maximum atomic E-state index is 13.8. The number of hydrogen-bond acceptors (Lipinski definition) is 6. The fraction of sp³-hybridized carbons (Fsp3) is 0.371. The molecule has 3 aromatic rings. The van der Waals surface area contributed by atoms with Gasteiger partial charge in [-0.25, -0.2) is 4.79 Å². The van der Waals surface area contributed by atoms with Gasteiger partial charge in [0, 0.05) is 70.5 Å². The summed E-state index contributed by atoms with van der Waals surface area (Å²) in [6.45, 7) is 13.4. The summed E-state index contributed by atoms with van der Waals surface area (Å²) in [6.07, 6.45) is 2.82. The summed E-state index contributed by atoms with van der Waals surface area (Å²) in [5.74, 6) is -0.652. The fourth-order valence-electron chi connectivity index (χ4n) is 6.42. The van der Waals surface area contributed by atoms with Crippen molar-refractivity contribution in [3.05, 3.63) is 113 Å². The molecule has 2 unspecified atom stereocenters. The molecule has 2 heterocycles. The molecular weight excluding hydrogens is 540 g/mol. The first-order chi connectivity index (χ1) is 20.8. The molecule has 8 heteroatoms. The number of rotatable bonds is 9. The lowest BCUT2D eigenvalue weighted by Gasteiger charge is -2.44. The highest BCUT2D eigenvalue weighted by atomic mass is 16.4. The van der Waals surface area contributed by atoms with Gasteiger partial charge in [0.05, 0.1) is 11.6 Å². The van der Waals surface area contributed by atoms with Gasteiger partial charge < -0.3 is 15.1 Å². The van der Waals surface area contributed by atoms with Gasteiger partial charge in [0.15, 0.2) is 0 Å². The van der Waals surface area contributed by atoms with E-state index in [2.05, 4.69) is 40.3 Å². The average Bonchev–Trinajstić information content (AvgIpc) is 3.24. The number of aromatic hydroxyl groups is 1. The standard InChI is InChI=1S/C35H42N4O4/c1-3-15-36-19-21-39(26(2)24-36)33(30-8-5-10-32(40)23-30)29-7-4-9-31(22-29)34(41)38-17-6-16-37(18-20-38)25-27-11-13-28(14-12-27)35(42)43/h3-5,7-14,22-23,26,33,40H,1,6,15-21,24-25H2,2H3,(H,42,43). The fourth-order valence-corrected chi connectivity index (χ4v) is 6.42. The van der Waals surface area contributed by atoms with Crippen LogP contribution in [0.5, 0.6) is 5.75 Å². The van der Waals surface area contributed by atoms with Crippen LogP contribution in [-0.4, -0.2) is 100 Å². The lowest BCUT2D eigenvalue weighted by molar-refractivity contribution is 0.0668. The van der Waals surface area contributed by atoms with Gasteiger partial charge in [0.1, 0.15) is 5.75 Å². The Bertz CT molecular complexity index is 1430. The average molecular weight is 583 g/mol. The minimum absolute atomic E-state index is 0.0352. The minimum Gasteiger partial charge on any atom is -0.508 e. The first-order valence-electron chi connectivity index (χ1n) is 15.1. The maximum absolute atomic E-state index is 13.8. The quantitative estimate of drug-likeness (QED) is 0.353. The number of aromatic carboxylic acids is 1. The van der Waals surface area contributed by atoms with Gasteiger partial charge in [-0.2, -0.15) is 0 Å². The van der Waals surface area contributed by atoms with E-state index < -0.39 is 5.97 Å². The molecule has 43 heavy (non-hydrogen) atoms. The topological polar surface area (TPSA) is 87.6 Å². The highest BCUT2D eigenvalue weighted by Gasteiger charge is 2.32. The van der Waals surface area contributed by atoms with Crippen LogP contribution in [0.1, 0.15) is 56.8 Å². The third-order valence-corrected chi connectivity index (χ3v) is 8.60. The molecule has 2 aliphatic rings. The van der Waals surface area contributed by atoms with Crippen LogP contribution in [0.4, 0.5) is 0 Å². The number of piperazine rings is 1. The maximum Gasteiger partial charge on any atom is 0.335 e. The Morgan fingerprint density at radius 3 is 2.30 bits per heavy atom. The van der Waals surface area contributed by atoms with E-state index in [-0.39, 0.29) is 29.3 Å². The lowest BCUT2D eigenvalue weighted by Crippen LogP contribution is -2.53. The second-order valence-electron chi connectivity index (χ2n) is 11.7. The molecule has 2 fully saturated rings. The van der Waals surface area contributed by atoms with E-state index in [1.54, 1.807) is 18.2 Å². The molecule has 0 aromatic heterocycles. The Hall–Kier alpha value is -3.98. The Balaban J connectivity index is 1.31. The smallest absolute Gasteiger partial charge is 0.335 e. The van der Waals surface area contributed by atoms with Gasteiger partial charge in [0.2, 0.25) is 0 Å². The molecule has 0 bridgehead atoms. The van der Waals surface area contributed by atoms with Gasteiger partial charge in [-0.3, -0.25) is 19.5 Å². The first kappa shape index (κ1) is 30.5. The van der Waals surface area contributed by atoms with Crippen molar-refractivity contribution in [1.82, 2.24) is 19.6 Å². The van der Waals surface area contributed by atoms with E-state index in [0.717, 1.165) is 68.9 Å². The molecule has 8 nitrogen and oxygen atoms in total. The van der Waals surface area contributed by atoms with E-state index in [9.17, 15) is 14.7 Å². The monoisotopic (exact) mass is 582 g/mol. The molecule has 0 spiro atoms. The molecule has 2 N–H and O–H groups in total. The van der Waals surface area contributed by atoms with E-state index in [0.29, 0.717) is 18.7 Å². The van der Waals surface area contributed by atoms with Crippen LogP contribution in [-0.2, 0) is 6.54 Å². The summed E-state index contributed by atoms with van der Waals surface area (Å²) in [6, 6.07) is 22.7. The Kier molecular flexibility index (Phi) is 9.92. The normalized spacial score (nSPS) is 19.5. The van der Waals surface area contributed by atoms with E-state index in [1.165, 1.54) is 0 Å². The summed E-state index contributed by atoms with van der Waals surface area (Å²) >= 11 is 0. The highest BCUT2D eigenvalue weighted by Crippen LogP contribution is 2.34. The molecule has 5 rings (SSSR count). The SMILES string of the molecule is C=CCN1CCN(C(c2cccc(O)c2)c2cccc(C(=O)N3CCCN(Cc4ccc(C(=O)O)cc4)CC3)c2)C(C)C1. The summed E-state index contributed by atoms with van der Waals surface area (Å²) in [4.78, 5) is 34.2. The second kappa shape index (κ2) is 14.0. The van der Waals surface area contributed by atoms with Gasteiger partial charge in [-0.1, -0.05) is 42.5 Å². The van der Waals surface area contributed by atoms with Crippen molar-refractivity contribution in [2.75, 3.05) is 52.4 Å². The molecule has 0 aliphatic carbocycles. The highest BCUT2D eigenvalue weighted by molar-refractivity contribution is 5.94. The summed E-state index contributed by atoms with van der Waals surface area (Å²) < 4.78 is 0. The molecule has 2 saturated heterocycles. The number of phenolic OH excluding ortho intramolecular Hbond substituents is 1. The number of carbonyl (C=O) groups excluding carboxylic acids is 1. The first-order valence-corrected chi connectivity index (χ1v) is 15.1. The van der Waals surface area contributed by atoms with Crippen molar-refractivity contribution in [1.29, 1.82) is 0 Å². The van der Waals surface area contributed by atoms with Crippen LogP contribution < -0.4 is 0 Å².